The molecule has 0 aromatic heterocycles. The van der Waals surface area contributed by atoms with Crippen LogP contribution in [0.3, 0.4) is 0 Å². The molecular weight excluding hydrogens is 284 g/mol. The molecule has 1 aromatic carbocycles. The fraction of sp³-hybridized carbons (Fsp3) is 0.467. The molecule has 0 bridgehead atoms. The maximum Gasteiger partial charge on any atom is 0.414 e. The quantitative estimate of drug-likeness (QED) is 0.633. The van der Waals surface area contributed by atoms with Crippen molar-refractivity contribution in [1.29, 1.82) is 0 Å². The van der Waals surface area contributed by atoms with Gasteiger partial charge >= 0.3 is 6.09 Å². The smallest absolute Gasteiger partial charge is 0.408 e. The van der Waals surface area contributed by atoms with Gasteiger partial charge in [0.05, 0.1) is 11.4 Å². The zero-order valence-corrected chi connectivity index (χ0v) is 12.9. The number of nitrogens with one attached hydrogen (secondary N) is 1. The van der Waals surface area contributed by atoms with Crippen LogP contribution in [0, 0.1) is 0 Å². The Bertz CT molecular complexity index is 541. The number of amides is 2. The largest absolute Gasteiger partial charge is 0.414 e. The lowest BCUT2D eigenvalue weighted by molar-refractivity contribution is -0.108. The van der Waals surface area contributed by atoms with Crippen LogP contribution in [0.4, 0.5) is 10.5 Å². The molecule has 2 rings (SSSR count). The predicted octanol–water partition coefficient (Wildman–Crippen LogP) is 0.748. The van der Waals surface area contributed by atoms with Gasteiger partial charge in [-0.3, -0.25) is 9.69 Å². The van der Waals surface area contributed by atoms with Crippen molar-refractivity contribution in [3.63, 3.8) is 0 Å². The number of carbonyl (C=O) groups excluding carboxylic acids is 2. The molecule has 1 heterocycles. The monoisotopic (exact) mass is 306 g/mol. The number of benzene rings is 1. The number of piperidine rings is 1. The van der Waals surface area contributed by atoms with E-state index in [9.17, 15) is 9.59 Å². The maximum atomic E-state index is 11.8. The van der Waals surface area contributed by atoms with Gasteiger partial charge in [0.2, 0.25) is 6.41 Å². The molecule has 2 amide bonds. The number of nitrogens with two attached hydrogens (primary N) is 1. The summed E-state index contributed by atoms with van der Waals surface area (Å²) in [5.74, 6) is 0.316. The highest BCUT2D eigenvalue weighted by Crippen LogP contribution is 2.33. The van der Waals surface area contributed by atoms with Gasteiger partial charge in [-0.25, -0.2) is 4.79 Å². The van der Waals surface area contributed by atoms with Gasteiger partial charge in [-0.05, 0) is 38.1 Å². The van der Waals surface area contributed by atoms with Gasteiger partial charge in [-0.15, -0.1) is 0 Å². The minimum Gasteiger partial charge on any atom is -0.408 e. The van der Waals surface area contributed by atoms with Crippen LogP contribution in [0.2, 0.25) is 0 Å². The second-order valence-corrected chi connectivity index (χ2v) is 5.56. The standard InChI is InChI=1S/C15H22N4O3/c1-18(2)14(21)22-13-6-4-3-5-12(13)19(11-20)15(16)7-9-17-10-8-15/h3-6,11,17H,7-10,16H2,1-2H3. The molecule has 1 saturated heterocycles. The fourth-order valence-corrected chi connectivity index (χ4v) is 2.43. The lowest BCUT2D eigenvalue weighted by Gasteiger charge is -2.42. The number of carbonyl (C=O) groups is 2. The molecule has 120 valence electrons. The molecule has 1 aliphatic heterocycles. The zero-order chi connectivity index (χ0) is 16.2. The van der Waals surface area contributed by atoms with Crippen molar-refractivity contribution in [3.8, 4) is 5.75 Å². The minimum atomic E-state index is -0.784. The van der Waals surface area contributed by atoms with Crippen molar-refractivity contribution < 1.29 is 14.3 Å². The summed E-state index contributed by atoms with van der Waals surface area (Å²) in [5, 5.41) is 3.22. The first kappa shape index (κ1) is 16.3. The van der Waals surface area contributed by atoms with E-state index in [-0.39, 0.29) is 0 Å². The number of anilines is 1. The molecule has 0 atom stereocenters. The van der Waals surface area contributed by atoms with E-state index < -0.39 is 11.8 Å². The van der Waals surface area contributed by atoms with Crippen molar-refractivity contribution in [2.45, 2.75) is 18.5 Å². The Morgan fingerprint density at radius 3 is 2.55 bits per heavy atom. The van der Waals surface area contributed by atoms with E-state index in [2.05, 4.69) is 5.32 Å². The number of nitrogens with zero attached hydrogens (tertiary/aromatic N) is 2. The normalized spacial score (nSPS) is 16.7. The Balaban J connectivity index is 2.33. The van der Waals surface area contributed by atoms with Crippen LogP contribution in [-0.4, -0.2) is 50.3 Å². The van der Waals surface area contributed by atoms with Crippen LogP contribution in [0.25, 0.3) is 0 Å². The molecule has 0 spiro atoms. The second-order valence-electron chi connectivity index (χ2n) is 5.56. The first-order chi connectivity index (χ1) is 10.5. The number of para-hydroxylation sites is 2. The molecule has 0 radical (unpaired) electrons. The first-order valence-electron chi connectivity index (χ1n) is 7.20. The van der Waals surface area contributed by atoms with Crippen LogP contribution >= 0.6 is 0 Å². The van der Waals surface area contributed by atoms with Gasteiger partial charge < -0.3 is 20.7 Å². The molecule has 1 fully saturated rings. The topological polar surface area (TPSA) is 87.9 Å². The second kappa shape index (κ2) is 6.76. The van der Waals surface area contributed by atoms with E-state index in [1.165, 1.54) is 9.80 Å². The van der Waals surface area contributed by atoms with Crippen LogP contribution in [0.5, 0.6) is 5.75 Å². The summed E-state index contributed by atoms with van der Waals surface area (Å²) in [4.78, 5) is 26.2. The fourth-order valence-electron chi connectivity index (χ4n) is 2.43. The van der Waals surface area contributed by atoms with E-state index in [0.29, 0.717) is 30.7 Å². The highest BCUT2D eigenvalue weighted by atomic mass is 16.6. The molecule has 7 nitrogen and oxygen atoms in total. The first-order valence-corrected chi connectivity index (χ1v) is 7.20. The van der Waals surface area contributed by atoms with Crippen LogP contribution in [-0.2, 0) is 4.79 Å². The summed E-state index contributed by atoms with van der Waals surface area (Å²) in [5.41, 5.74) is 6.12. The number of ether oxygens (including phenoxy) is 1. The Kier molecular flexibility index (Phi) is 4.99. The number of hydrogen-bond donors (Lipinski definition) is 2. The lowest BCUT2D eigenvalue weighted by Crippen LogP contribution is -2.60. The van der Waals surface area contributed by atoms with Gasteiger partial charge in [0.1, 0.15) is 0 Å². The van der Waals surface area contributed by atoms with E-state index in [1.807, 2.05) is 0 Å². The number of rotatable bonds is 4. The SMILES string of the molecule is CN(C)C(=O)Oc1ccccc1N(C=O)C1(N)CCNCC1. The lowest BCUT2D eigenvalue weighted by atomic mass is 9.96. The van der Waals surface area contributed by atoms with E-state index >= 15 is 0 Å². The van der Waals surface area contributed by atoms with Gasteiger partial charge in [-0.1, -0.05) is 12.1 Å². The van der Waals surface area contributed by atoms with Gasteiger partial charge in [0.15, 0.2) is 5.75 Å². The third kappa shape index (κ3) is 3.37. The van der Waals surface area contributed by atoms with Crippen molar-refractivity contribution in [1.82, 2.24) is 10.2 Å². The third-order valence-corrected chi connectivity index (χ3v) is 3.74. The van der Waals surface area contributed by atoms with Gasteiger partial charge in [0, 0.05) is 14.1 Å². The molecule has 0 aliphatic carbocycles. The minimum absolute atomic E-state index is 0.316. The highest BCUT2D eigenvalue weighted by molar-refractivity contribution is 5.83. The molecular formula is C15H22N4O3. The Hall–Kier alpha value is -2.12. The molecule has 0 saturated carbocycles. The summed E-state index contributed by atoms with van der Waals surface area (Å²) in [6, 6.07) is 6.90. The Morgan fingerprint density at radius 2 is 1.95 bits per heavy atom. The molecule has 1 aliphatic rings. The van der Waals surface area contributed by atoms with Crippen LogP contribution in [0.1, 0.15) is 12.8 Å². The third-order valence-electron chi connectivity index (χ3n) is 3.74. The zero-order valence-electron chi connectivity index (χ0n) is 12.9. The average Bonchev–Trinajstić information content (AvgIpc) is 2.50. The molecule has 22 heavy (non-hydrogen) atoms. The van der Waals surface area contributed by atoms with E-state index in [4.69, 9.17) is 10.5 Å². The Morgan fingerprint density at radius 1 is 1.32 bits per heavy atom. The summed E-state index contributed by atoms with van der Waals surface area (Å²) >= 11 is 0. The number of hydrogen-bond acceptors (Lipinski definition) is 5. The van der Waals surface area contributed by atoms with Gasteiger partial charge in [0.25, 0.3) is 0 Å². The van der Waals surface area contributed by atoms with Crippen molar-refractivity contribution >= 4 is 18.2 Å². The van der Waals surface area contributed by atoms with E-state index in [0.717, 1.165) is 13.1 Å². The van der Waals surface area contributed by atoms with Crippen LogP contribution in [0.15, 0.2) is 24.3 Å². The molecule has 1 aromatic rings. The summed E-state index contributed by atoms with van der Waals surface area (Å²) in [6.45, 7) is 1.47. The van der Waals surface area contributed by atoms with Crippen molar-refractivity contribution in [2.75, 3.05) is 32.1 Å². The van der Waals surface area contributed by atoms with Crippen molar-refractivity contribution in [2.24, 2.45) is 5.73 Å². The van der Waals surface area contributed by atoms with Crippen LogP contribution < -0.4 is 20.7 Å². The summed E-state index contributed by atoms with van der Waals surface area (Å²) in [6.07, 6.45) is 1.45. The predicted molar refractivity (Wildman–Crippen MR) is 83.7 cm³/mol. The molecule has 0 unspecified atom stereocenters. The highest BCUT2D eigenvalue weighted by Gasteiger charge is 2.35. The molecule has 3 N–H and O–H groups in total. The summed E-state index contributed by atoms with van der Waals surface area (Å²) < 4.78 is 5.34. The molecule has 7 heteroatoms. The maximum absolute atomic E-state index is 11.8. The van der Waals surface area contributed by atoms with E-state index in [1.54, 1.807) is 38.4 Å². The van der Waals surface area contributed by atoms with Crippen molar-refractivity contribution in [3.05, 3.63) is 24.3 Å². The van der Waals surface area contributed by atoms with Gasteiger partial charge in [-0.2, -0.15) is 0 Å². The Labute approximate surface area is 130 Å². The average molecular weight is 306 g/mol. The summed E-state index contributed by atoms with van der Waals surface area (Å²) in [7, 11) is 3.19.